The van der Waals surface area contributed by atoms with E-state index >= 15 is 0 Å². The smallest absolute Gasteiger partial charge is 0.258 e. The third kappa shape index (κ3) is 3.41. The first-order valence-electron chi connectivity index (χ1n) is 12.3. The fourth-order valence-electron chi connectivity index (χ4n) is 6.19. The summed E-state index contributed by atoms with van der Waals surface area (Å²) in [6, 6.07) is 1.67. The van der Waals surface area contributed by atoms with Crippen molar-refractivity contribution in [1.29, 1.82) is 0 Å². The average Bonchev–Trinajstić information content (AvgIpc) is 3.30. The minimum atomic E-state index is -1.49. The van der Waals surface area contributed by atoms with Gasteiger partial charge in [0.2, 0.25) is 0 Å². The van der Waals surface area contributed by atoms with Crippen molar-refractivity contribution in [3.63, 3.8) is 0 Å². The molecule has 0 saturated carbocycles. The number of benzene rings is 1. The average molecular weight is 500 g/mol. The second kappa shape index (κ2) is 7.93. The van der Waals surface area contributed by atoms with Crippen LogP contribution in [-0.2, 0) is 31.4 Å². The first-order valence-corrected chi connectivity index (χ1v) is 12.3. The summed E-state index contributed by atoms with van der Waals surface area (Å²) >= 11 is 0. The van der Waals surface area contributed by atoms with Crippen LogP contribution >= 0.6 is 0 Å². The van der Waals surface area contributed by atoms with E-state index in [9.17, 15) is 18.0 Å². The molecule has 1 aromatic carbocycles. The van der Waals surface area contributed by atoms with E-state index in [1.807, 2.05) is 30.4 Å². The van der Waals surface area contributed by atoms with Crippen LogP contribution in [0.5, 0.6) is 0 Å². The van der Waals surface area contributed by atoms with Gasteiger partial charge in [0.05, 0.1) is 53.1 Å². The fourth-order valence-corrected chi connectivity index (χ4v) is 6.19. The van der Waals surface area contributed by atoms with Crippen LogP contribution in [-0.4, -0.2) is 42.0 Å². The standard InChI is InChI=1S/C26H28F3N5O2/c1-13-21(20-11-36-26(2,3)12-33(20)30-13)25(35)34-15-6-5-7-19(34)23-16(10-15)24(32(4)31-23)14-8-17(27)22(29)18(28)9-14/h8-9,15,19H,5-7,10-12H2,1-4H3/t15-,19+/m0/s1. The molecule has 10 heteroatoms. The van der Waals surface area contributed by atoms with Crippen LogP contribution in [0.1, 0.15) is 72.2 Å². The Morgan fingerprint density at radius 3 is 2.58 bits per heavy atom. The second-order valence-corrected chi connectivity index (χ2v) is 10.7. The van der Waals surface area contributed by atoms with Crippen LogP contribution in [0.2, 0.25) is 0 Å². The van der Waals surface area contributed by atoms with Gasteiger partial charge < -0.3 is 9.64 Å². The molecule has 2 atom stereocenters. The number of rotatable bonds is 2. The van der Waals surface area contributed by atoms with Crippen LogP contribution in [0.4, 0.5) is 13.2 Å². The number of ether oxygens (including phenoxy) is 1. The van der Waals surface area contributed by atoms with Gasteiger partial charge in [0.25, 0.3) is 5.91 Å². The number of halogens is 3. The number of aromatic nitrogens is 4. The number of carbonyl (C=O) groups excluding carboxylic acids is 1. The molecule has 36 heavy (non-hydrogen) atoms. The fraction of sp³-hybridized carbons (Fsp3) is 0.500. The van der Waals surface area contributed by atoms with Crippen molar-refractivity contribution in [3.8, 4) is 11.3 Å². The van der Waals surface area contributed by atoms with Crippen LogP contribution < -0.4 is 0 Å². The Morgan fingerprint density at radius 1 is 1.14 bits per heavy atom. The summed E-state index contributed by atoms with van der Waals surface area (Å²) < 4.78 is 51.2. The zero-order valence-electron chi connectivity index (χ0n) is 20.7. The molecular weight excluding hydrogens is 471 g/mol. The van der Waals surface area contributed by atoms with Crippen molar-refractivity contribution in [2.24, 2.45) is 7.05 Å². The van der Waals surface area contributed by atoms with Crippen molar-refractivity contribution < 1.29 is 22.7 Å². The van der Waals surface area contributed by atoms with Gasteiger partial charge in [-0.3, -0.25) is 14.2 Å². The second-order valence-electron chi connectivity index (χ2n) is 10.7. The molecule has 1 amide bonds. The van der Waals surface area contributed by atoms with Gasteiger partial charge in [-0.25, -0.2) is 13.2 Å². The van der Waals surface area contributed by atoms with E-state index < -0.39 is 17.5 Å². The summed E-state index contributed by atoms with van der Waals surface area (Å²) in [7, 11) is 1.71. The van der Waals surface area contributed by atoms with Gasteiger partial charge in [-0.15, -0.1) is 0 Å². The minimum Gasteiger partial charge on any atom is -0.367 e. The molecule has 3 aromatic rings. The van der Waals surface area contributed by atoms with Gasteiger partial charge in [0.15, 0.2) is 17.5 Å². The maximum absolute atomic E-state index is 14.1. The highest BCUT2D eigenvalue weighted by atomic mass is 19.2. The lowest BCUT2D eigenvalue weighted by Gasteiger charge is -2.45. The summed E-state index contributed by atoms with van der Waals surface area (Å²) in [6.07, 6.45) is 3.01. The van der Waals surface area contributed by atoms with E-state index in [0.29, 0.717) is 36.5 Å². The van der Waals surface area contributed by atoms with Gasteiger partial charge in [-0.05, 0) is 58.6 Å². The van der Waals surface area contributed by atoms with Crippen molar-refractivity contribution in [2.75, 3.05) is 0 Å². The summed E-state index contributed by atoms with van der Waals surface area (Å²) in [5.41, 5.74) is 4.09. The highest BCUT2D eigenvalue weighted by Gasteiger charge is 2.45. The number of amides is 1. The van der Waals surface area contributed by atoms with Gasteiger partial charge in [-0.2, -0.15) is 10.2 Å². The molecule has 190 valence electrons. The normalized spacial score (nSPS) is 22.4. The number of aryl methyl sites for hydroxylation is 2. The van der Waals surface area contributed by atoms with Crippen LogP contribution in [0.25, 0.3) is 11.3 Å². The van der Waals surface area contributed by atoms with E-state index in [1.165, 1.54) is 0 Å². The Hall–Kier alpha value is -3.14. The van der Waals surface area contributed by atoms with Gasteiger partial charge in [-0.1, -0.05) is 0 Å². The number of hydrogen-bond acceptors (Lipinski definition) is 4. The quantitative estimate of drug-likeness (QED) is 0.483. The molecular formula is C26H28F3N5O2. The zero-order chi connectivity index (χ0) is 25.5. The third-order valence-corrected chi connectivity index (χ3v) is 7.74. The van der Waals surface area contributed by atoms with Crippen molar-refractivity contribution in [1.82, 2.24) is 24.5 Å². The Morgan fingerprint density at radius 2 is 1.86 bits per heavy atom. The third-order valence-electron chi connectivity index (χ3n) is 7.74. The van der Waals surface area contributed by atoms with Gasteiger partial charge in [0.1, 0.15) is 0 Å². The van der Waals surface area contributed by atoms with E-state index in [-0.39, 0.29) is 29.2 Å². The number of hydrogen-bond donors (Lipinski definition) is 0. The molecule has 2 bridgehead atoms. The Bertz CT molecular complexity index is 1390. The van der Waals surface area contributed by atoms with E-state index in [4.69, 9.17) is 9.84 Å². The zero-order valence-corrected chi connectivity index (χ0v) is 20.7. The van der Waals surface area contributed by atoms with Crippen LogP contribution in [0.15, 0.2) is 12.1 Å². The SMILES string of the molecule is Cc1nn2c(c1C(=O)N1[C@H]3CCC[C@@H]1c1nn(C)c(-c4cc(F)c(F)c(F)c4)c1C3)COC(C)(C)C2. The first-order chi connectivity index (χ1) is 17.1. The molecule has 5 heterocycles. The van der Waals surface area contributed by atoms with Crippen LogP contribution in [0.3, 0.4) is 0 Å². The molecule has 0 radical (unpaired) electrons. The molecule has 6 rings (SSSR count). The molecule has 3 aliphatic rings. The Balaban J connectivity index is 1.41. The molecule has 2 aromatic heterocycles. The predicted octanol–water partition coefficient (Wildman–Crippen LogP) is 4.61. The maximum Gasteiger partial charge on any atom is 0.258 e. The van der Waals surface area contributed by atoms with Crippen molar-refractivity contribution in [3.05, 3.63) is 57.8 Å². The number of piperidine rings is 1. The lowest BCUT2D eigenvalue weighted by molar-refractivity contribution is -0.0664. The summed E-state index contributed by atoms with van der Waals surface area (Å²) in [5.74, 6) is -4.04. The molecule has 0 aliphatic carbocycles. The van der Waals surface area contributed by atoms with E-state index in [2.05, 4.69) is 5.10 Å². The predicted molar refractivity (Wildman–Crippen MR) is 125 cm³/mol. The molecule has 0 N–H and O–H groups in total. The molecule has 1 fully saturated rings. The summed E-state index contributed by atoms with van der Waals surface area (Å²) in [5, 5.41) is 9.36. The molecule has 0 unspecified atom stereocenters. The van der Waals surface area contributed by atoms with Crippen LogP contribution in [0, 0.1) is 24.4 Å². The van der Waals surface area contributed by atoms with Crippen molar-refractivity contribution in [2.45, 2.75) is 77.3 Å². The lowest BCUT2D eigenvalue weighted by Crippen LogP contribution is -2.50. The highest BCUT2D eigenvalue weighted by Crippen LogP contribution is 2.45. The van der Waals surface area contributed by atoms with E-state index in [0.717, 1.165) is 48.3 Å². The lowest BCUT2D eigenvalue weighted by atomic mass is 9.81. The van der Waals surface area contributed by atoms with E-state index in [1.54, 1.807) is 11.7 Å². The molecule has 1 saturated heterocycles. The van der Waals surface area contributed by atoms with Gasteiger partial charge >= 0.3 is 0 Å². The Labute approximate surface area is 206 Å². The minimum absolute atomic E-state index is 0.0801. The van der Waals surface area contributed by atoms with Crippen molar-refractivity contribution >= 4 is 5.91 Å². The number of nitrogens with zero attached hydrogens (tertiary/aromatic N) is 5. The highest BCUT2D eigenvalue weighted by molar-refractivity contribution is 5.97. The topological polar surface area (TPSA) is 65.2 Å². The number of carbonyl (C=O) groups is 1. The monoisotopic (exact) mass is 499 g/mol. The maximum atomic E-state index is 14.1. The molecule has 0 spiro atoms. The molecule has 3 aliphatic heterocycles. The summed E-state index contributed by atoms with van der Waals surface area (Å²) in [4.78, 5) is 16.0. The Kier molecular flexibility index (Phi) is 5.13. The van der Waals surface area contributed by atoms with Gasteiger partial charge in [0, 0.05) is 24.2 Å². The largest absolute Gasteiger partial charge is 0.367 e. The number of fused-ring (bicyclic) bond motifs is 5. The molecule has 7 nitrogen and oxygen atoms in total. The first kappa shape index (κ1) is 23.3. The summed E-state index contributed by atoms with van der Waals surface area (Å²) in [6.45, 7) is 6.75.